The van der Waals surface area contributed by atoms with Crippen molar-refractivity contribution in [3.05, 3.63) is 16.8 Å². The SMILES string of the molecule is C[C@@]1(NC(=O)CSc2ncnc3sc4c(c23)CCC4)CCS(=O)(=O)C1. The molecule has 2 aromatic rings. The number of sulfone groups is 1. The predicted octanol–water partition coefficient (Wildman–Crippen LogP) is 1.97. The average molecular weight is 398 g/mol. The molecule has 1 aliphatic heterocycles. The predicted molar refractivity (Wildman–Crippen MR) is 100.0 cm³/mol. The maximum Gasteiger partial charge on any atom is 0.230 e. The second-order valence-electron chi connectivity index (χ2n) is 6.96. The maximum absolute atomic E-state index is 12.3. The summed E-state index contributed by atoms with van der Waals surface area (Å²) >= 11 is 3.13. The first-order chi connectivity index (χ1) is 11.9. The summed E-state index contributed by atoms with van der Waals surface area (Å²) in [4.78, 5) is 23.5. The quantitative estimate of drug-likeness (QED) is 0.627. The number of carbonyl (C=O) groups is 1. The van der Waals surface area contributed by atoms with Gasteiger partial charge in [-0.05, 0) is 38.2 Å². The van der Waals surface area contributed by atoms with E-state index in [4.69, 9.17) is 0 Å². The van der Waals surface area contributed by atoms with Crippen LogP contribution in [0.4, 0.5) is 0 Å². The number of hydrogen-bond acceptors (Lipinski definition) is 7. The van der Waals surface area contributed by atoms with Crippen LogP contribution < -0.4 is 5.32 Å². The Bertz CT molecular complexity index is 954. The van der Waals surface area contributed by atoms with Crippen molar-refractivity contribution in [3.63, 3.8) is 0 Å². The zero-order valence-corrected chi connectivity index (χ0v) is 16.3. The third kappa shape index (κ3) is 3.41. The lowest BCUT2D eigenvalue weighted by molar-refractivity contribution is -0.120. The summed E-state index contributed by atoms with van der Waals surface area (Å²) in [5, 5.41) is 4.85. The normalized spacial score (nSPS) is 24.5. The highest BCUT2D eigenvalue weighted by Gasteiger charge is 2.39. The summed E-state index contributed by atoms with van der Waals surface area (Å²) in [5.74, 6) is 0.242. The number of aryl methyl sites for hydroxylation is 2. The van der Waals surface area contributed by atoms with Crippen molar-refractivity contribution in [1.82, 2.24) is 15.3 Å². The van der Waals surface area contributed by atoms with Crippen LogP contribution in [0, 0.1) is 0 Å². The third-order valence-electron chi connectivity index (χ3n) is 4.75. The molecule has 0 unspecified atom stereocenters. The molecule has 1 amide bonds. The summed E-state index contributed by atoms with van der Waals surface area (Å²) in [7, 11) is -3.04. The first kappa shape index (κ1) is 17.2. The lowest BCUT2D eigenvalue weighted by Gasteiger charge is -2.23. The fraction of sp³-hybridized carbons (Fsp3) is 0.562. The van der Waals surface area contributed by atoms with Crippen molar-refractivity contribution >= 4 is 49.1 Å². The van der Waals surface area contributed by atoms with Crippen molar-refractivity contribution in [1.29, 1.82) is 0 Å². The van der Waals surface area contributed by atoms with Gasteiger partial charge in [-0.1, -0.05) is 11.8 Å². The van der Waals surface area contributed by atoms with Crippen LogP contribution in [-0.2, 0) is 27.5 Å². The minimum absolute atomic E-state index is 0.0200. The fourth-order valence-electron chi connectivity index (χ4n) is 3.62. The average Bonchev–Trinajstić information content (AvgIpc) is 3.17. The number of hydrogen-bond donors (Lipinski definition) is 1. The molecule has 3 heterocycles. The van der Waals surface area contributed by atoms with Crippen LogP contribution in [0.15, 0.2) is 11.4 Å². The van der Waals surface area contributed by atoms with Gasteiger partial charge >= 0.3 is 0 Å². The number of aromatic nitrogens is 2. The van der Waals surface area contributed by atoms with E-state index in [2.05, 4.69) is 15.3 Å². The molecule has 134 valence electrons. The Morgan fingerprint density at radius 1 is 1.40 bits per heavy atom. The van der Waals surface area contributed by atoms with Crippen molar-refractivity contribution in [2.75, 3.05) is 17.3 Å². The highest BCUT2D eigenvalue weighted by molar-refractivity contribution is 8.00. The molecule has 0 spiro atoms. The van der Waals surface area contributed by atoms with Crippen molar-refractivity contribution in [2.24, 2.45) is 0 Å². The number of thiophene rings is 1. The highest BCUT2D eigenvalue weighted by Crippen LogP contribution is 2.40. The molecular weight excluding hydrogens is 378 g/mol. The van der Waals surface area contributed by atoms with Gasteiger partial charge in [0.25, 0.3) is 0 Å². The van der Waals surface area contributed by atoms with Crippen molar-refractivity contribution in [2.45, 2.75) is 43.2 Å². The molecule has 1 N–H and O–H groups in total. The van der Waals surface area contributed by atoms with E-state index in [1.807, 2.05) is 0 Å². The first-order valence-corrected chi connectivity index (χ1v) is 11.9. The number of thioether (sulfide) groups is 1. The highest BCUT2D eigenvalue weighted by atomic mass is 32.2. The lowest BCUT2D eigenvalue weighted by Crippen LogP contribution is -2.47. The van der Waals surface area contributed by atoms with Crippen LogP contribution in [0.3, 0.4) is 0 Å². The zero-order chi connectivity index (χ0) is 17.7. The molecule has 6 nitrogen and oxygen atoms in total. The van der Waals surface area contributed by atoms with Crippen molar-refractivity contribution in [3.8, 4) is 0 Å². The van der Waals surface area contributed by atoms with E-state index in [1.54, 1.807) is 24.6 Å². The van der Waals surface area contributed by atoms with Crippen LogP contribution in [0.2, 0.25) is 0 Å². The standard InChI is InChI=1S/C16H19N3O3S3/c1-16(5-6-25(21,22)8-16)19-12(20)7-23-14-13-10-3-2-4-11(10)24-15(13)18-9-17-14/h9H,2-8H2,1H3,(H,19,20)/t16-/m1/s1. The summed E-state index contributed by atoms with van der Waals surface area (Å²) in [6, 6.07) is 0. The monoisotopic (exact) mass is 397 g/mol. The van der Waals surface area contributed by atoms with Gasteiger partial charge in [0.15, 0.2) is 9.84 Å². The van der Waals surface area contributed by atoms with Gasteiger partial charge in [-0.25, -0.2) is 18.4 Å². The van der Waals surface area contributed by atoms with Gasteiger partial charge in [-0.3, -0.25) is 4.79 Å². The Morgan fingerprint density at radius 2 is 2.24 bits per heavy atom. The van der Waals surface area contributed by atoms with E-state index in [9.17, 15) is 13.2 Å². The molecule has 0 bridgehead atoms. The van der Waals surface area contributed by atoms with Crippen LogP contribution >= 0.6 is 23.1 Å². The van der Waals surface area contributed by atoms with Crippen molar-refractivity contribution < 1.29 is 13.2 Å². The topological polar surface area (TPSA) is 89.0 Å². The number of carbonyl (C=O) groups excluding carboxylic acids is 1. The molecule has 1 saturated heterocycles. The maximum atomic E-state index is 12.3. The number of nitrogens with zero attached hydrogens (tertiary/aromatic N) is 2. The second-order valence-corrected chi connectivity index (χ2v) is 11.2. The van der Waals surface area contributed by atoms with E-state index >= 15 is 0 Å². The van der Waals surface area contributed by atoms with Gasteiger partial charge in [-0.15, -0.1) is 11.3 Å². The van der Waals surface area contributed by atoms with Crippen LogP contribution in [0.1, 0.15) is 30.2 Å². The van der Waals surface area contributed by atoms with Gasteiger partial charge in [0.2, 0.25) is 5.91 Å². The van der Waals surface area contributed by atoms with Gasteiger partial charge in [0, 0.05) is 10.3 Å². The second kappa shape index (κ2) is 6.21. The Hall–Kier alpha value is -1.19. The molecule has 4 rings (SSSR count). The van der Waals surface area contributed by atoms with E-state index < -0.39 is 15.4 Å². The summed E-state index contributed by atoms with van der Waals surface area (Å²) in [6.45, 7) is 1.80. The van der Waals surface area contributed by atoms with Gasteiger partial charge in [0.05, 0.1) is 22.8 Å². The smallest absolute Gasteiger partial charge is 0.230 e. The number of rotatable bonds is 4. The Balaban J connectivity index is 1.47. The van der Waals surface area contributed by atoms with Gasteiger partial charge in [-0.2, -0.15) is 0 Å². The molecule has 25 heavy (non-hydrogen) atoms. The lowest BCUT2D eigenvalue weighted by atomic mass is 10.0. The number of fused-ring (bicyclic) bond motifs is 3. The van der Waals surface area contributed by atoms with E-state index in [-0.39, 0.29) is 23.2 Å². The molecule has 9 heteroatoms. The Kier molecular flexibility index (Phi) is 4.28. The summed E-state index contributed by atoms with van der Waals surface area (Å²) in [5.41, 5.74) is 0.693. The van der Waals surface area contributed by atoms with Crippen LogP contribution in [-0.4, -0.2) is 47.1 Å². The number of amides is 1. The van der Waals surface area contributed by atoms with Gasteiger partial charge in [0.1, 0.15) is 16.2 Å². The molecule has 1 aliphatic carbocycles. The van der Waals surface area contributed by atoms with Gasteiger partial charge < -0.3 is 5.32 Å². The molecule has 2 aromatic heterocycles. The summed E-state index contributed by atoms with van der Waals surface area (Å²) in [6.07, 6.45) is 5.36. The molecule has 0 saturated carbocycles. The third-order valence-corrected chi connectivity index (χ3v) is 8.84. The van der Waals surface area contributed by atoms with Crippen LogP contribution in [0.5, 0.6) is 0 Å². The largest absolute Gasteiger partial charge is 0.349 e. The van der Waals surface area contributed by atoms with E-state index in [0.717, 1.165) is 28.1 Å². The van der Waals surface area contributed by atoms with Crippen LogP contribution in [0.25, 0.3) is 10.2 Å². The molecule has 2 aliphatic rings. The molecule has 0 aromatic carbocycles. The molecule has 0 radical (unpaired) electrons. The minimum atomic E-state index is -3.04. The number of nitrogens with one attached hydrogen (secondary N) is 1. The molecule has 1 atom stereocenters. The Labute approximate surface area is 154 Å². The zero-order valence-electron chi connectivity index (χ0n) is 13.9. The summed E-state index contributed by atoms with van der Waals surface area (Å²) < 4.78 is 23.3. The first-order valence-electron chi connectivity index (χ1n) is 8.25. The van der Waals surface area contributed by atoms with E-state index in [1.165, 1.54) is 28.6 Å². The molecular formula is C16H19N3O3S3. The minimum Gasteiger partial charge on any atom is -0.349 e. The fourth-order valence-corrected chi connectivity index (χ4v) is 7.84. The Morgan fingerprint density at radius 3 is 3.00 bits per heavy atom. The van der Waals surface area contributed by atoms with E-state index in [0.29, 0.717) is 6.42 Å². The molecule has 1 fully saturated rings.